The van der Waals surface area contributed by atoms with Crippen molar-refractivity contribution in [3.05, 3.63) is 84.4 Å². The van der Waals surface area contributed by atoms with E-state index in [9.17, 15) is 8.42 Å². The predicted molar refractivity (Wildman–Crippen MR) is 110 cm³/mol. The third-order valence-electron chi connectivity index (χ3n) is 4.38. The van der Waals surface area contributed by atoms with E-state index in [0.29, 0.717) is 12.4 Å². The summed E-state index contributed by atoms with van der Waals surface area (Å²) in [7, 11) is -3.39. The van der Waals surface area contributed by atoms with Crippen LogP contribution in [0, 0.1) is 0 Å². The Morgan fingerprint density at radius 2 is 1.56 bits per heavy atom. The lowest BCUT2D eigenvalue weighted by molar-refractivity contribution is -0.434. The van der Waals surface area contributed by atoms with Gasteiger partial charge < -0.3 is 0 Å². The molecule has 3 aromatic rings. The van der Waals surface area contributed by atoms with Crippen LogP contribution in [0.4, 0.5) is 22.7 Å². The van der Waals surface area contributed by atoms with Gasteiger partial charge in [-0.2, -0.15) is 4.58 Å². The highest BCUT2D eigenvalue weighted by atomic mass is 32.2. The van der Waals surface area contributed by atoms with E-state index in [4.69, 9.17) is 0 Å². The van der Waals surface area contributed by atoms with Crippen molar-refractivity contribution >= 4 is 39.0 Å². The second-order valence-corrected chi connectivity index (χ2v) is 8.21. The molecule has 0 bridgehead atoms. The normalized spacial score (nSPS) is 13.7. The van der Waals surface area contributed by atoms with Gasteiger partial charge in [0.15, 0.2) is 6.21 Å². The molecule has 0 radical (unpaired) electrons. The van der Waals surface area contributed by atoms with Crippen LogP contribution in [0.5, 0.6) is 0 Å². The number of nitrogens with one attached hydrogen (secondary N) is 1. The molecule has 0 amide bonds. The molecule has 0 atom stereocenters. The zero-order valence-electron chi connectivity index (χ0n) is 14.9. The fraction of sp³-hybridized carbons (Fsp3) is 0.0952. The van der Waals surface area contributed by atoms with Gasteiger partial charge in [0.1, 0.15) is 0 Å². The third-order valence-corrected chi connectivity index (χ3v) is 4.97. The zero-order chi connectivity index (χ0) is 18.9. The maximum absolute atomic E-state index is 11.9. The summed E-state index contributed by atoms with van der Waals surface area (Å²) in [5, 5.41) is 0. The summed E-state index contributed by atoms with van der Waals surface area (Å²) >= 11 is 0. The average Bonchev–Trinajstić information content (AvgIpc) is 2.67. The van der Waals surface area contributed by atoms with Crippen LogP contribution in [0.2, 0.25) is 0 Å². The molecule has 136 valence electrons. The number of rotatable bonds is 4. The summed E-state index contributed by atoms with van der Waals surface area (Å²) in [4.78, 5) is 2.12. The maximum atomic E-state index is 11.9. The van der Waals surface area contributed by atoms with Gasteiger partial charge in [-0.05, 0) is 24.3 Å². The monoisotopic (exact) mass is 378 g/mol. The number of fused-ring (bicyclic) bond motifs is 1. The molecule has 1 N–H and O–H groups in total. The number of benzene rings is 3. The number of hydrogen-bond acceptors (Lipinski definition) is 3. The molecule has 0 spiro atoms. The Labute approximate surface area is 159 Å². The van der Waals surface area contributed by atoms with Gasteiger partial charge >= 0.3 is 0 Å². The van der Waals surface area contributed by atoms with Crippen molar-refractivity contribution in [2.45, 2.75) is 0 Å². The molecule has 1 heterocycles. The minimum Gasteiger partial charge on any atom is -0.283 e. The highest BCUT2D eigenvalue weighted by molar-refractivity contribution is 7.92. The van der Waals surface area contributed by atoms with Gasteiger partial charge in [-0.3, -0.25) is 9.62 Å². The van der Waals surface area contributed by atoms with Crippen LogP contribution in [0.3, 0.4) is 0 Å². The SMILES string of the molecule is CS(=O)(=O)Nc1cccc2c1N(c1ccccc1)C[N+](c1ccccc1)=C2. The van der Waals surface area contributed by atoms with E-state index in [1.807, 2.05) is 60.7 Å². The van der Waals surface area contributed by atoms with Crippen LogP contribution in [-0.4, -0.2) is 32.1 Å². The second kappa shape index (κ2) is 6.89. The van der Waals surface area contributed by atoms with Crippen LogP contribution in [0.1, 0.15) is 5.56 Å². The first-order valence-corrected chi connectivity index (χ1v) is 10.5. The molecule has 0 fully saturated rings. The minimum absolute atomic E-state index is 0.572. The molecule has 27 heavy (non-hydrogen) atoms. The van der Waals surface area contributed by atoms with Crippen LogP contribution < -0.4 is 9.62 Å². The van der Waals surface area contributed by atoms with Gasteiger partial charge in [0, 0.05) is 17.8 Å². The molecule has 0 unspecified atom stereocenters. The number of nitrogens with zero attached hydrogens (tertiary/aromatic N) is 2. The molecule has 0 saturated heterocycles. The highest BCUT2D eigenvalue weighted by Crippen LogP contribution is 2.38. The molecular formula is C21H20N3O2S+. The maximum Gasteiger partial charge on any atom is 0.229 e. The molecule has 3 aromatic carbocycles. The van der Waals surface area contributed by atoms with Crippen LogP contribution in [0.25, 0.3) is 0 Å². The van der Waals surface area contributed by atoms with Crippen molar-refractivity contribution in [2.24, 2.45) is 0 Å². The molecule has 6 heteroatoms. The second-order valence-electron chi connectivity index (χ2n) is 6.46. The van der Waals surface area contributed by atoms with Gasteiger partial charge in [-0.25, -0.2) is 8.42 Å². The Morgan fingerprint density at radius 3 is 2.22 bits per heavy atom. The van der Waals surface area contributed by atoms with Crippen molar-refractivity contribution in [3.8, 4) is 0 Å². The Hall–Kier alpha value is -3.12. The Kier molecular flexibility index (Phi) is 4.41. The fourth-order valence-corrected chi connectivity index (χ4v) is 3.84. The predicted octanol–water partition coefficient (Wildman–Crippen LogP) is 3.93. The lowest BCUT2D eigenvalue weighted by atomic mass is 10.1. The fourth-order valence-electron chi connectivity index (χ4n) is 3.28. The molecule has 1 aliphatic rings. The first kappa shape index (κ1) is 17.3. The summed E-state index contributed by atoms with van der Waals surface area (Å²) in [6.45, 7) is 0.573. The van der Waals surface area contributed by atoms with Crippen molar-refractivity contribution in [2.75, 3.05) is 22.5 Å². The summed E-state index contributed by atoms with van der Waals surface area (Å²) in [6, 6.07) is 25.7. The largest absolute Gasteiger partial charge is 0.283 e. The summed E-state index contributed by atoms with van der Waals surface area (Å²) in [6.07, 6.45) is 3.22. The smallest absolute Gasteiger partial charge is 0.229 e. The van der Waals surface area contributed by atoms with E-state index in [2.05, 4.69) is 32.5 Å². The Bertz CT molecular complexity index is 1090. The van der Waals surface area contributed by atoms with Crippen molar-refractivity contribution < 1.29 is 13.0 Å². The van der Waals surface area contributed by atoms with Crippen molar-refractivity contribution in [1.82, 2.24) is 0 Å². The third kappa shape index (κ3) is 3.71. The lowest BCUT2D eigenvalue weighted by Crippen LogP contribution is -2.33. The van der Waals surface area contributed by atoms with E-state index in [1.54, 1.807) is 6.07 Å². The molecule has 0 aromatic heterocycles. The standard InChI is InChI=1S/C21H20N3O2S/c1-27(25,26)22-20-14-8-9-17-15-23(18-10-4-2-5-11-18)16-24(21(17)20)19-12-6-3-7-13-19/h2-15,22H,16H2,1H3/q+1. The number of hydrogen-bond donors (Lipinski definition) is 1. The molecule has 4 rings (SSSR count). The lowest BCUT2D eigenvalue weighted by Gasteiger charge is -2.29. The van der Waals surface area contributed by atoms with Crippen LogP contribution in [0.15, 0.2) is 78.9 Å². The molecule has 0 saturated carbocycles. The van der Waals surface area contributed by atoms with Gasteiger partial charge in [0.25, 0.3) is 0 Å². The van der Waals surface area contributed by atoms with Gasteiger partial charge in [0.05, 0.1) is 23.2 Å². The van der Waals surface area contributed by atoms with Crippen LogP contribution in [-0.2, 0) is 10.0 Å². The van der Waals surface area contributed by atoms with Crippen LogP contribution >= 0.6 is 0 Å². The minimum atomic E-state index is -3.39. The highest BCUT2D eigenvalue weighted by Gasteiger charge is 2.28. The van der Waals surface area contributed by atoms with E-state index in [-0.39, 0.29) is 0 Å². The number of sulfonamides is 1. The van der Waals surface area contributed by atoms with Crippen molar-refractivity contribution in [3.63, 3.8) is 0 Å². The first-order chi connectivity index (χ1) is 13.0. The molecule has 0 aliphatic carbocycles. The number of anilines is 3. The van der Waals surface area contributed by atoms with Gasteiger partial charge in [0.2, 0.25) is 22.4 Å². The quantitative estimate of drug-likeness (QED) is 0.700. The summed E-state index contributed by atoms with van der Waals surface area (Å²) in [5.41, 5.74) is 4.44. The molecular weight excluding hydrogens is 358 g/mol. The average molecular weight is 378 g/mol. The number of para-hydroxylation sites is 3. The first-order valence-electron chi connectivity index (χ1n) is 8.61. The van der Waals surface area contributed by atoms with Gasteiger partial charge in [-0.15, -0.1) is 0 Å². The topological polar surface area (TPSA) is 52.4 Å². The Balaban J connectivity index is 1.90. The van der Waals surface area contributed by atoms with E-state index in [1.165, 1.54) is 6.26 Å². The van der Waals surface area contributed by atoms with Gasteiger partial charge in [-0.1, -0.05) is 42.5 Å². The Morgan fingerprint density at radius 1 is 0.889 bits per heavy atom. The summed E-state index contributed by atoms with van der Waals surface area (Å²) in [5.74, 6) is 0. The molecule has 1 aliphatic heterocycles. The van der Waals surface area contributed by atoms with E-state index >= 15 is 0 Å². The summed E-state index contributed by atoms with van der Waals surface area (Å²) < 4.78 is 28.5. The van der Waals surface area contributed by atoms with E-state index < -0.39 is 10.0 Å². The van der Waals surface area contributed by atoms with Crippen molar-refractivity contribution in [1.29, 1.82) is 0 Å². The zero-order valence-corrected chi connectivity index (χ0v) is 15.7. The molecule has 5 nitrogen and oxygen atoms in total. The van der Waals surface area contributed by atoms with E-state index in [0.717, 1.165) is 22.6 Å².